The molecule has 0 spiro atoms. The summed E-state index contributed by atoms with van der Waals surface area (Å²) < 4.78 is 0. The third-order valence-electron chi connectivity index (χ3n) is 15.1. The Kier molecular flexibility index (Phi) is 13.3. The number of hydrogen-bond donors (Lipinski definition) is 2. The van der Waals surface area contributed by atoms with Gasteiger partial charge in [-0.3, -0.25) is 9.98 Å². The van der Waals surface area contributed by atoms with Crippen molar-refractivity contribution in [2.45, 2.75) is 0 Å². The zero-order valence-corrected chi connectivity index (χ0v) is 43.7. The molecule has 0 saturated carbocycles. The largest absolute Gasteiger partial charge is 0.507 e. The van der Waals surface area contributed by atoms with E-state index in [-0.39, 0.29) is 11.5 Å². The first-order valence-electron chi connectivity index (χ1n) is 26.9. The van der Waals surface area contributed by atoms with Gasteiger partial charge in [0.2, 0.25) is 0 Å². The molecule has 13 rings (SSSR count). The quantitative estimate of drug-likeness (QED) is 0.120. The van der Waals surface area contributed by atoms with Crippen molar-refractivity contribution >= 4 is 45.3 Å². The lowest BCUT2D eigenvalue weighted by Gasteiger charge is -2.29. The van der Waals surface area contributed by atoms with E-state index >= 15 is 0 Å². The summed E-state index contributed by atoms with van der Waals surface area (Å²) in [7, 11) is 0. The summed E-state index contributed by atoms with van der Waals surface area (Å²) in [6.07, 6.45) is 3.51. The number of aromatic hydroxyl groups is 2. The molecule has 4 nitrogen and oxygen atoms in total. The van der Waals surface area contributed by atoms with Gasteiger partial charge in [0.05, 0.1) is 11.4 Å². The lowest BCUT2D eigenvalue weighted by molar-refractivity contribution is 0.475. The number of benzene rings is 13. The summed E-state index contributed by atoms with van der Waals surface area (Å²) in [6.45, 7) is 0. The second-order valence-corrected chi connectivity index (χ2v) is 19.9. The summed E-state index contributed by atoms with van der Waals surface area (Å²) >= 11 is 0. The number of fused-ring (bicyclic) bond motifs is 2. The van der Waals surface area contributed by atoms with Crippen LogP contribution in [0.1, 0.15) is 11.1 Å². The van der Waals surface area contributed by atoms with Crippen LogP contribution in [0.5, 0.6) is 11.5 Å². The maximum absolute atomic E-state index is 10.8. The molecule has 13 aromatic rings. The lowest BCUT2D eigenvalue weighted by atomic mass is 9.74. The third-order valence-corrected chi connectivity index (χ3v) is 15.1. The van der Waals surface area contributed by atoms with Gasteiger partial charge in [-0.25, -0.2) is 0 Å². The van der Waals surface area contributed by atoms with E-state index < -0.39 is 0 Å². The average Bonchev–Trinajstić information content (AvgIpc) is 3.60. The smallest absolute Gasteiger partial charge is 0.124 e. The van der Waals surface area contributed by atoms with Crippen LogP contribution >= 0.6 is 0 Å². The maximum atomic E-state index is 10.8. The number of hydrogen-bond acceptors (Lipinski definition) is 4. The molecular weight excluding hydrogens is 973 g/mol. The molecule has 0 atom stereocenters. The normalized spacial score (nSPS) is 11.5. The van der Waals surface area contributed by atoms with Crippen molar-refractivity contribution in [3.8, 4) is 101 Å². The Hall–Kier alpha value is -10.7. The van der Waals surface area contributed by atoms with Gasteiger partial charge in [-0.15, -0.1) is 0 Å². The Labute approximate surface area is 465 Å². The minimum absolute atomic E-state index is 0.201. The van der Waals surface area contributed by atoms with Crippen LogP contribution < -0.4 is 0 Å². The highest BCUT2D eigenvalue weighted by molar-refractivity contribution is 6.15. The lowest BCUT2D eigenvalue weighted by Crippen LogP contribution is -2.02. The van der Waals surface area contributed by atoms with Crippen molar-refractivity contribution in [1.29, 1.82) is 0 Å². The Morgan fingerprint density at radius 3 is 0.750 bits per heavy atom. The first-order chi connectivity index (χ1) is 39.5. The number of rotatable bonds is 12. The summed E-state index contributed by atoms with van der Waals surface area (Å²) in [5.74, 6) is 0.401. The molecule has 0 fully saturated rings. The standard InChI is InChI=1S/C76H52N2O2/c79-69-47-41-55-17-13-15-27-65(55)67(69)49-77-63-43-37-53(38-44-63)51-29-33-61(34-30-51)75-73(59-23-9-3-10-24-59)71(57-19-5-1-6-20-57)72(58-21-7-2-8-22-58)74(60-25-11-4-12-26-60)76(75)62-35-31-52(32-36-62)54-39-45-64(46-40-54)78-50-68-66-28-16-14-18-56(66)42-48-70(68)80/h1-50,79-80H. The van der Waals surface area contributed by atoms with Crippen molar-refractivity contribution in [3.63, 3.8) is 0 Å². The van der Waals surface area contributed by atoms with Crippen LogP contribution in [0, 0.1) is 0 Å². The van der Waals surface area contributed by atoms with Crippen molar-refractivity contribution < 1.29 is 10.2 Å². The highest BCUT2D eigenvalue weighted by Crippen LogP contribution is 2.56. The Balaban J connectivity index is 0.961. The molecule has 13 aromatic carbocycles. The van der Waals surface area contributed by atoms with Crippen LogP contribution in [0.2, 0.25) is 0 Å². The van der Waals surface area contributed by atoms with Crippen molar-refractivity contribution in [2.24, 2.45) is 9.98 Å². The fourth-order valence-corrected chi connectivity index (χ4v) is 11.2. The molecular formula is C76H52N2O2. The molecule has 0 aliphatic carbocycles. The van der Waals surface area contributed by atoms with Crippen LogP contribution in [0.4, 0.5) is 11.4 Å². The second-order valence-electron chi connectivity index (χ2n) is 19.9. The van der Waals surface area contributed by atoms with Gasteiger partial charge in [0.15, 0.2) is 0 Å². The van der Waals surface area contributed by atoms with Crippen LogP contribution in [-0.2, 0) is 0 Å². The van der Waals surface area contributed by atoms with Gasteiger partial charge in [-0.1, -0.05) is 255 Å². The predicted molar refractivity (Wildman–Crippen MR) is 336 cm³/mol. The summed E-state index contributed by atoms with van der Waals surface area (Å²) in [4.78, 5) is 9.61. The van der Waals surface area contributed by atoms with E-state index in [0.717, 1.165) is 122 Å². The fourth-order valence-electron chi connectivity index (χ4n) is 11.2. The Morgan fingerprint density at radius 2 is 0.450 bits per heavy atom. The molecule has 0 saturated heterocycles. The molecule has 0 aliphatic rings. The van der Waals surface area contributed by atoms with E-state index in [9.17, 15) is 10.2 Å². The van der Waals surface area contributed by atoms with E-state index in [2.05, 4.69) is 194 Å². The highest BCUT2D eigenvalue weighted by atomic mass is 16.3. The van der Waals surface area contributed by atoms with Crippen molar-refractivity contribution in [1.82, 2.24) is 0 Å². The number of phenols is 2. The van der Waals surface area contributed by atoms with E-state index in [1.54, 1.807) is 24.6 Å². The van der Waals surface area contributed by atoms with Gasteiger partial charge >= 0.3 is 0 Å². The van der Waals surface area contributed by atoms with Crippen LogP contribution in [0.25, 0.3) is 111 Å². The first-order valence-corrected chi connectivity index (χ1v) is 26.9. The number of phenolic OH excluding ortho intramolecular Hbond substituents is 2. The molecule has 0 bridgehead atoms. The summed E-state index contributed by atoms with van der Waals surface area (Å²) in [5, 5.41) is 25.6. The molecule has 0 heterocycles. The predicted octanol–water partition coefficient (Wildman–Crippen LogP) is 20.2. The van der Waals surface area contributed by atoms with E-state index in [0.29, 0.717) is 11.1 Å². The van der Waals surface area contributed by atoms with Crippen LogP contribution in [0.15, 0.2) is 301 Å². The minimum Gasteiger partial charge on any atom is -0.507 e. The van der Waals surface area contributed by atoms with Gasteiger partial charge in [-0.05, 0) is 147 Å². The second kappa shape index (κ2) is 21.7. The summed E-state index contributed by atoms with van der Waals surface area (Å²) in [5.41, 5.74) is 20.8. The van der Waals surface area contributed by atoms with Gasteiger partial charge in [0.25, 0.3) is 0 Å². The monoisotopic (exact) mass is 1020 g/mol. The summed E-state index contributed by atoms with van der Waals surface area (Å²) in [6, 6.07) is 101. The SMILES string of the molecule is Oc1ccc2ccccc2c1C=Nc1ccc(-c2ccc(-c3c(-c4ccccc4)c(-c4ccccc4)c(-c4ccccc4)c(-c4ccccc4)c3-c3ccc(-c4ccc(N=Cc5c(O)ccc6ccccc56)cc4)cc3)cc2)cc1. The Morgan fingerprint density at radius 1 is 0.212 bits per heavy atom. The molecule has 0 amide bonds. The molecule has 4 heteroatoms. The Bertz CT molecular complexity index is 4120. The average molecular weight is 1030 g/mol. The number of nitrogens with zero attached hydrogens (tertiary/aromatic N) is 2. The van der Waals surface area contributed by atoms with Gasteiger partial charge in [0, 0.05) is 23.6 Å². The third kappa shape index (κ3) is 9.63. The molecule has 0 radical (unpaired) electrons. The van der Waals surface area contributed by atoms with Crippen LogP contribution in [-0.4, -0.2) is 22.6 Å². The first kappa shape index (κ1) is 48.9. The molecule has 0 unspecified atom stereocenters. The zero-order chi connectivity index (χ0) is 53.8. The highest BCUT2D eigenvalue weighted by Gasteiger charge is 2.29. The van der Waals surface area contributed by atoms with Crippen molar-refractivity contribution in [3.05, 3.63) is 302 Å². The zero-order valence-electron chi connectivity index (χ0n) is 43.7. The number of aliphatic imine (C=N–C) groups is 2. The van der Waals surface area contributed by atoms with E-state index in [1.807, 2.05) is 84.9 Å². The molecule has 378 valence electrons. The topological polar surface area (TPSA) is 65.2 Å². The van der Waals surface area contributed by atoms with Gasteiger partial charge < -0.3 is 10.2 Å². The molecule has 80 heavy (non-hydrogen) atoms. The van der Waals surface area contributed by atoms with Crippen molar-refractivity contribution in [2.75, 3.05) is 0 Å². The van der Waals surface area contributed by atoms with E-state index in [1.165, 1.54) is 0 Å². The fraction of sp³-hybridized carbons (Fsp3) is 0. The van der Waals surface area contributed by atoms with Crippen LogP contribution in [0.3, 0.4) is 0 Å². The van der Waals surface area contributed by atoms with Gasteiger partial charge in [0.1, 0.15) is 11.5 Å². The molecule has 0 aliphatic heterocycles. The van der Waals surface area contributed by atoms with Gasteiger partial charge in [-0.2, -0.15) is 0 Å². The molecule has 0 aromatic heterocycles. The molecule has 2 N–H and O–H groups in total. The maximum Gasteiger partial charge on any atom is 0.124 e. The van der Waals surface area contributed by atoms with E-state index in [4.69, 9.17) is 9.98 Å². The minimum atomic E-state index is 0.201.